The number of nitrogens with one attached hydrogen (secondary N) is 2. The molecular weight excluding hydrogens is 244 g/mol. The molecule has 1 aliphatic carbocycles. The first-order valence-electron chi connectivity index (χ1n) is 6.72. The fourth-order valence-electron chi connectivity index (χ4n) is 3.32. The second kappa shape index (κ2) is 4.86. The molecule has 0 radical (unpaired) electrons. The van der Waals surface area contributed by atoms with Crippen LogP contribution in [0.15, 0.2) is 18.3 Å². The SMILES string of the molecule is Cc1cc(C2NNC3CCC([N+](=O)[O-])CC32)ccn1. The van der Waals surface area contributed by atoms with Crippen LogP contribution in [0.5, 0.6) is 0 Å². The van der Waals surface area contributed by atoms with Crippen molar-refractivity contribution in [2.24, 2.45) is 5.92 Å². The lowest BCUT2D eigenvalue weighted by Gasteiger charge is -2.29. The van der Waals surface area contributed by atoms with Gasteiger partial charge in [0.1, 0.15) is 0 Å². The molecule has 4 atom stereocenters. The van der Waals surface area contributed by atoms with Crippen molar-refractivity contribution in [3.8, 4) is 0 Å². The summed E-state index contributed by atoms with van der Waals surface area (Å²) in [4.78, 5) is 15.1. The molecule has 3 rings (SSSR count). The average molecular weight is 262 g/mol. The quantitative estimate of drug-likeness (QED) is 0.621. The van der Waals surface area contributed by atoms with E-state index >= 15 is 0 Å². The molecule has 2 N–H and O–H groups in total. The first-order valence-corrected chi connectivity index (χ1v) is 6.72. The second-order valence-corrected chi connectivity index (χ2v) is 5.52. The normalized spacial score (nSPS) is 33.9. The van der Waals surface area contributed by atoms with Gasteiger partial charge in [-0.15, -0.1) is 0 Å². The maximum Gasteiger partial charge on any atom is 0.213 e. The monoisotopic (exact) mass is 262 g/mol. The number of hydrogen-bond donors (Lipinski definition) is 2. The Hall–Kier alpha value is -1.53. The summed E-state index contributed by atoms with van der Waals surface area (Å²) in [5, 5.41) is 11.0. The zero-order chi connectivity index (χ0) is 13.4. The molecule has 1 aromatic rings. The van der Waals surface area contributed by atoms with Gasteiger partial charge in [0, 0.05) is 41.6 Å². The summed E-state index contributed by atoms with van der Waals surface area (Å²) in [6, 6.07) is 4.14. The topological polar surface area (TPSA) is 80.1 Å². The van der Waals surface area contributed by atoms with Crippen molar-refractivity contribution < 1.29 is 4.92 Å². The Balaban J connectivity index is 1.82. The Labute approximate surface area is 111 Å². The zero-order valence-electron chi connectivity index (χ0n) is 10.9. The van der Waals surface area contributed by atoms with Crippen molar-refractivity contribution in [2.75, 3.05) is 0 Å². The fourth-order valence-corrected chi connectivity index (χ4v) is 3.32. The van der Waals surface area contributed by atoms with Crippen LogP contribution in [0.25, 0.3) is 0 Å². The van der Waals surface area contributed by atoms with Crippen LogP contribution in [-0.4, -0.2) is 22.0 Å². The second-order valence-electron chi connectivity index (χ2n) is 5.52. The van der Waals surface area contributed by atoms with Crippen molar-refractivity contribution >= 4 is 0 Å². The molecule has 0 spiro atoms. The lowest BCUT2D eigenvalue weighted by molar-refractivity contribution is -0.528. The maximum absolute atomic E-state index is 11.0. The zero-order valence-corrected chi connectivity index (χ0v) is 10.9. The van der Waals surface area contributed by atoms with Crippen molar-refractivity contribution in [1.82, 2.24) is 15.8 Å². The van der Waals surface area contributed by atoms with Crippen molar-refractivity contribution in [2.45, 2.75) is 44.3 Å². The highest BCUT2D eigenvalue weighted by molar-refractivity contribution is 5.22. The summed E-state index contributed by atoms with van der Waals surface area (Å²) < 4.78 is 0. The van der Waals surface area contributed by atoms with Gasteiger partial charge in [-0.05, 0) is 31.0 Å². The Kier molecular flexibility index (Phi) is 3.20. The molecule has 19 heavy (non-hydrogen) atoms. The summed E-state index contributed by atoms with van der Waals surface area (Å²) >= 11 is 0. The van der Waals surface area contributed by atoms with Crippen LogP contribution in [0.2, 0.25) is 0 Å². The van der Waals surface area contributed by atoms with Crippen molar-refractivity contribution in [1.29, 1.82) is 0 Å². The molecule has 6 heteroatoms. The highest BCUT2D eigenvalue weighted by Gasteiger charge is 2.44. The van der Waals surface area contributed by atoms with Crippen LogP contribution in [-0.2, 0) is 0 Å². The van der Waals surface area contributed by atoms with Gasteiger partial charge in [-0.25, -0.2) is 5.43 Å². The fraction of sp³-hybridized carbons (Fsp3) is 0.615. The lowest BCUT2D eigenvalue weighted by atomic mass is 9.77. The van der Waals surface area contributed by atoms with Crippen LogP contribution in [0.3, 0.4) is 0 Å². The molecule has 2 fully saturated rings. The van der Waals surface area contributed by atoms with Gasteiger partial charge in [-0.1, -0.05) is 0 Å². The van der Waals surface area contributed by atoms with E-state index in [0.29, 0.717) is 18.9 Å². The van der Waals surface area contributed by atoms with Gasteiger partial charge in [-0.3, -0.25) is 20.5 Å². The van der Waals surface area contributed by atoms with Crippen LogP contribution >= 0.6 is 0 Å². The van der Waals surface area contributed by atoms with Crippen LogP contribution in [0, 0.1) is 23.0 Å². The van der Waals surface area contributed by atoms with Crippen LogP contribution in [0.1, 0.15) is 36.6 Å². The third-order valence-corrected chi connectivity index (χ3v) is 4.30. The Bertz CT molecular complexity index is 493. The number of aromatic nitrogens is 1. The third kappa shape index (κ3) is 2.33. The summed E-state index contributed by atoms with van der Waals surface area (Å²) in [5.41, 5.74) is 8.73. The number of hydrazine groups is 1. The van der Waals surface area contributed by atoms with Crippen molar-refractivity contribution in [3.63, 3.8) is 0 Å². The highest BCUT2D eigenvalue weighted by atomic mass is 16.6. The first kappa shape index (κ1) is 12.5. The molecule has 2 aliphatic rings. The number of hydrogen-bond acceptors (Lipinski definition) is 5. The number of nitrogens with zero attached hydrogens (tertiary/aromatic N) is 2. The van der Waals surface area contributed by atoms with E-state index in [1.165, 1.54) is 0 Å². The van der Waals surface area contributed by atoms with Gasteiger partial charge in [-0.2, -0.15) is 0 Å². The Morgan fingerprint density at radius 2 is 2.26 bits per heavy atom. The molecule has 1 aromatic heterocycles. The predicted octanol–water partition coefficient (Wildman–Crippen LogP) is 1.35. The smallest absolute Gasteiger partial charge is 0.213 e. The molecule has 1 saturated carbocycles. The number of aryl methyl sites for hydroxylation is 1. The molecule has 1 saturated heterocycles. The minimum atomic E-state index is -0.395. The largest absolute Gasteiger partial charge is 0.264 e. The van der Waals surface area contributed by atoms with E-state index in [1.807, 2.05) is 13.0 Å². The molecular formula is C13H18N4O2. The van der Waals surface area contributed by atoms with E-state index in [0.717, 1.165) is 17.7 Å². The summed E-state index contributed by atoms with van der Waals surface area (Å²) in [6.45, 7) is 1.96. The number of pyridine rings is 1. The number of rotatable bonds is 2. The minimum Gasteiger partial charge on any atom is -0.264 e. The van der Waals surface area contributed by atoms with E-state index in [2.05, 4.69) is 21.9 Å². The van der Waals surface area contributed by atoms with E-state index in [-0.39, 0.29) is 16.9 Å². The molecule has 2 heterocycles. The highest BCUT2D eigenvalue weighted by Crippen LogP contribution is 2.38. The van der Waals surface area contributed by atoms with Gasteiger partial charge in [0.2, 0.25) is 6.04 Å². The molecule has 0 amide bonds. The first-order chi connectivity index (χ1) is 9.15. The predicted molar refractivity (Wildman–Crippen MR) is 69.9 cm³/mol. The van der Waals surface area contributed by atoms with Gasteiger partial charge in [0.05, 0.1) is 6.04 Å². The molecule has 102 valence electrons. The van der Waals surface area contributed by atoms with Gasteiger partial charge >= 0.3 is 0 Å². The van der Waals surface area contributed by atoms with E-state index in [1.54, 1.807) is 6.20 Å². The van der Waals surface area contributed by atoms with Gasteiger partial charge in [0.25, 0.3) is 0 Å². The van der Waals surface area contributed by atoms with Crippen LogP contribution in [0.4, 0.5) is 0 Å². The Morgan fingerprint density at radius 1 is 1.42 bits per heavy atom. The molecule has 4 unspecified atom stereocenters. The molecule has 0 aromatic carbocycles. The summed E-state index contributed by atoms with van der Waals surface area (Å²) in [7, 11) is 0. The number of nitro groups is 1. The number of fused-ring (bicyclic) bond motifs is 1. The van der Waals surface area contributed by atoms with Crippen LogP contribution < -0.4 is 10.9 Å². The summed E-state index contributed by atoms with van der Waals surface area (Å²) in [6.07, 6.45) is 3.98. The molecule has 6 nitrogen and oxygen atoms in total. The summed E-state index contributed by atoms with van der Waals surface area (Å²) in [5.74, 6) is 0.283. The molecule has 0 bridgehead atoms. The standard InChI is InChI=1S/C13H18N4O2/c1-8-6-9(4-5-14-8)13-11-7-10(17(18)19)2-3-12(11)15-16-13/h4-6,10-13,15-16H,2-3,7H2,1H3. The lowest BCUT2D eigenvalue weighted by Crippen LogP contribution is -2.39. The third-order valence-electron chi connectivity index (χ3n) is 4.30. The minimum absolute atomic E-state index is 0.122. The van der Waals surface area contributed by atoms with Crippen molar-refractivity contribution in [3.05, 3.63) is 39.7 Å². The van der Waals surface area contributed by atoms with E-state index in [9.17, 15) is 10.1 Å². The average Bonchev–Trinajstić information content (AvgIpc) is 2.81. The van der Waals surface area contributed by atoms with Gasteiger partial charge < -0.3 is 0 Å². The van der Waals surface area contributed by atoms with Gasteiger partial charge in [0.15, 0.2) is 0 Å². The molecule has 1 aliphatic heterocycles. The maximum atomic E-state index is 11.0. The van der Waals surface area contributed by atoms with E-state index in [4.69, 9.17) is 0 Å². The van der Waals surface area contributed by atoms with E-state index < -0.39 is 6.04 Å². The Morgan fingerprint density at radius 3 is 3.00 bits per heavy atom.